The number of imide groups is 1. The molecule has 3 aliphatic rings. The van der Waals surface area contributed by atoms with Crippen LogP contribution in [0.3, 0.4) is 0 Å². The molecule has 1 N–H and O–H groups in total. The molecule has 33 heavy (non-hydrogen) atoms. The fourth-order valence-corrected chi connectivity index (χ4v) is 6.89. The number of carbonyl (C=O) groups is 3. The fourth-order valence-electron chi connectivity index (χ4n) is 5.93. The Labute approximate surface area is 197 Å². The molecule has 5 rings (SSSR count). The lowest BCUT2D eigenvalue weighted by molar-refractivity contribution is -0.140. The highest BCUT2D eigenvalue weighted by molar-refractivity contribution is 7.21. The van der Waals surface area contributed by atoms with Gasteiger partial charge in [-0.3, -0.25) is 14.5 Å². The first-order valence-electron chi connectivity index (χ1n) is 11.5. The van der Waals surface area contributed by atoms with Gasteiger partial charge >= 0.3 is 6.03 Å². The zero-order valence-electron chi connectivity index (χ0n) is 19.3. The van der Waals surface area contributed by atoms with E-state index in [1.165, 1.54) is 0 Å². The highest BCUT2D eigenvalue weighted by Crippen LogP contribution is 2.46. The summed E-state index contributed by atoms with van der Waals surface area (Å²) in [5, 5.41) is 3.85. The lowest BCUT2D eigenvalue weighted by Gasteiger charge is -2.43. The largest absolute Gasteiger partial charge is 0.344 e. The van der Waals surface area contributed by atoms with Crippen LogP contribution in [0.2, 0.25) is 0 Å². The normalized spacial score (nSPS) is 27.5. The van der Waals surface area contributed by atoms with E-state index < -0.39 is 11.6 Å². The smallest absolute Gasteiger partial charge is 0.325 e. The number of piperazine rings is 1. The van der Waals surface area contributed by atoms with Gasteiger partial charge in [0.1, 0.15) is 22.4 Å². The van der Waals surface area contributed by atoms with E-state index in [0.717, 1.165) is 26.8 Å². The van der Waals surface area contributed by atoms with Crippen LogP contribution in [-0.4, -0.2) is 75.9 Å². The molecular weight excluding hydrogens is 440 g/mol. The van der Waals surface area contributed by atoms with Crippen molar-refractivity contribution in [3.8, 4) is 0 Å². The second-order valence-electron chi connectivity index (χ2n) is 10.4. The average Bonchev–Trinajstić information content (AvgIpc) is 3.27. The summed E-state index contributed by atoms with van der Waals surface area (Å²) in [4.78, 5) is 54.0. The van der Waals surface area contributed by atoms with Crippen molar-refractivity contribution in [1.29, 1.82) is 0 Å². The number of aromatic nitrogens is 2. The number of thiazole rings is 1. The summed E-state index contributed by atoms with van der Waals surface area (Å²) in [5.41, 5.74) is -0.0331. The Kier molecular flexibility index (Phi) is 5.30. The van der Waals surface area contributed by atoms with Crippen molar-refractivity contribution in [3.05, 3.63) is 18.3 Å². The van der Waals surface area contributed by atoms with Crippen molar-refractivity contribution in [2.45, 2.75) is 45.6 Å². The molecule has 1 saturated carbocycles. The molecule has 0 radical (unpaired) electrons. The van der Waals surface area contributed by atoms with Gasteiger partial charge in [0.25, 0.3) is 5.91 Å². The predicted molar refractivity (Wildman–Crippen MR) is 126 cm³/mol. The number of hydrogen-bond donors (Lipinski definition) is 1. The van der Waals surface area contributed by atoms with Crippen molar-refractivity contribution in [1.82, 2.24) is 25.1 Å². The summed E-state index contributed by atoms with van der Waals surface area (Å²) >= 11 is 1.55. The van der Waals surface area contributed by atoms with Crippen LogP contribution in [0.4, 0.5) is 9.93 Å². The molecule has 0 bridgehead atoms. The summed E-state index contributed by atoms with van der Waals surface area (Å²) in [6.45, 7) is 8.56. The number of anilines is 1. The summed E-state index contributed by atoms with van der Waals surface area (Å²) < 4.78 is 0. The molecule has 3 fully saturated rings. The third-order valence-electron chi connectivity index (χ3n) is 6.98. The van der Waals surface area contributed by atoms with Gasteiger partial charge in [0, 0.05) is 32.4 Å². The number of amides is 4. The molecule has 1 aliphatic carbocycles. The molecule has 176 valence electrons. The van der Waals surface area contributed by atoms with Crippen LogP contribution in [0.1, 0.15) is 40.0 Å². The second-order valence-corrected chi connectivity index (χ2v) is 11.4. The molecule has 2 aromatic heterocycles. The quantitative estimate of drug-likeness (QED) is 0.692. The predicted octanol–water partition coefficient (Wildman–Crippen LogP) is 2.48. The number of pyridine rings is 1. The highest BCUT2D eigenvalue weighted by atomic mass is 32.1. The van der Waals surface area contributed by atoms with Crippen molar-refractivity contribution >= 4 is 44.7 Å². The molecule has 2 aromatic rings. The third kappa shape index (κ3) is 4.05. The van der Waals surface area contributed by atoms with Crippen LogP contribution in [-0.2, 0) is 9.59 Å². The average molecular weight is 471 g/mol. The SMILES string of the molecule is CC1CC(C)(C)CC2(C1)NC(=O)N(CC(=O)N1CCN(c3nc4cccnc4s3)CC1)C2=O. The third-order valence-corrected chi connectivity index (χ3v) is 8.02. The molecule has 4 heterocycles. The molecule has 2 aliphatic heterocycles. The topological polar surface area (TPSA) is 98.7 Å². The standard InChI is InChI=1S/C23H30N6O3S/c1-15-11-22(2,3)14-23(12-15)19(31)29(20(32)26-23)13-17(30)27-7-9-28(10-8-27)21-25-16-5-4-6-24-18(16)33-21/h4-6,15H,7-14H2,1-3H3,(H,26,32). The van der Waals surface area contributed by atoms with E-state index in [0.29, 0.717) is 44.9 Å². The van der Waals surface area contributed by atoms with Gasteiger partial charge in [0.2, 0.25) is 5.91 Å². The Bertz CT molecular complexity index is 1080. The fraction of sp³-hybridized carbons (Fsp3) is 0.609. The molecule has 10 heteroatoms. The minimum atomic E-state index is -0.877. The van der Waals surface area contributed by atoms with Crippen molar-refractivity contribution < 1.29 is 14.4 Å². The van der Waals surface area contributed by atoms with E-state index in [9.17, 15) is 14.4 Å². The van der Waals surface area contributed by atoms with Crippen LogP contribution in [0.15, 0.2) is 18.3 Å². The number of hydrogen-bond acceptors (Lipinski definition) is 7. The van der Waals surface area contributed by atoms with Crippen molar-refractivity contribution in [2.24, 2.45) is 11.3 Å². The number of rotatable bonds is 3. The molecule has 9 nitrogen and oxygen atoms in total. The van der Waals surface area contributed by atoms with Gasteiger partial charge in [-0.15, -0.1) is 0 Å². The number of nitrogens with one attached hydrogen (secondary N) is 1. The molecule has 1 spiro atoms. The van der Waals surface area contributed by atoms with E-state index in [-0.39, 0.29) is 23.8 Å². The second kappa shape index (κ2) is 7.93. The first-order chi connectivity index (χ1) is 15.7. The first kappa shape index (κ1) is 22.1. The lowest BCUT2D eigenvalue weighted by Crippen LogP contribution is -2.55. The van der Waals surface area contributed by atoms with Crippen LogP contribution in [0, 0.1) is 11.3 Å². The first-order valence-corrected chi connectivity index (χ1v) is 12.4. The summed E-state index contributed by atoms with van der Waals surface area (Å²) in [7, 11) is 0. The van der Waals surface area contributed by atoms with Crippen LogP contribution < -0.4 is 10.2 Å². The van der Waals surface area contributed by atoms with Gasteiger partial charge in [-0.1, -0.05) is 32.1 Å². The van der Waals surface area contributed by atoms with Gasteiger partial charge in [0.15, 0.2) is 5.13 Å². The Balaban J connectivity index is 1.21. The molecule has 2 saturated heterocycles. The van der Waals surface area contributed by atoms with Crippen LogP contribution >= 0.6 is 11.3 Å². The molecule has 2 unspecified atom stereocenters. The zero-order chi connectivity index (χ0) is 23.4. The summed E-state index contributed by atoms with van der Waals surface area (Å²) in [6.07, 6.45) is 4.01. The minimum absolute atomic E-state index is 0.0346. The summed E-state index contributed by atoms with van der Waals surface area (Å²) in [5.74, 6) is -0.107. The Morgan fingerprint density at radius 1 is 1.21 bits per heavy atom. The number of urea groups is 1. The molecule has 0 aromatic carbocycles. The van der Waals surface area contributed by atoms with E-state index >= 15 is 0 Å². The van der Waals surface area contributed by atoms with Gasteiger partial charge < -0.3 is 15.1 Å². The Morgan fingerprint density at radius 2 is 1.97 bits per heavy atom. The molecule has 4 amide bonds. The number of nitrogens with zero attached hydrogens (tertiary/aromatic N) is 5. The zero-order valence-corrected chi connectivity index (χ0v) is 20.2. The maximum absolute atomic E-state index is 13.3. The highest BCUT2D eigenvalue weighted by Gasteiger charge is 2.56. The van der Waals surface area contributed by atoms with Gasteiger partial charge in [-0.2, -0.15) is 0 Å². The maximum atomic E-state index is 13.3. The summed E-state index contributed by atoms with van der Waals surface area (Å²) in [6, 6.07) is 3.37. The van der Waals surface area contributed by atoms with E-state index in [1.54, 1.807) is 22.4 Å². The Morgan fingerprint density at radius 3 is 2.67 bits per heavy atom. The van der Waals surface area contributed by atoms with Gasteiger partial charge in [-0.05, 0) is 42.7 Å². The lowest BCUT2D eigenvalue weighted by atomic mass is 9.64. The Hall–Kier alpha value is -2.75. The minimum Gasteiger partial charge on any atom is -0.344 e. The van der Waals surface area contributed by atoms with E-state index in [2.05, 4.69) is 41.0 Å². The monoisotopic (exact) mass is 470 g/mol. The van der Waals surface area contributed by atoms with Gasteiger partial charge in [0.05, 0.1) is 0 Å². The molecule has 2 atom stereocenters. The van der Waals surface area contributed by atoms with Crippen molar-refractivity contribution in [2.75, 3.05) is 37.6 Å². The van der Waals surface area contributed by atoms with Crippen molar-refractivity contribution in [3.63, 3.8) is 0 Å². The van der Waals surface area contributed by atoms with Crippen LogP contribution in [0.5, 0.6) is 0 Å². The number of fused-ring (bicyclic) bond motifs is 1. The van der Waals surface area contributed by atoms with Crippen LogP contribution in [0.25, 0.3) is 10.3 Å². The van der Waals surface area contributed by atoms with E-state index in [4.69, 9.17) is 0 Å². The maximum Gasteiger partial charge on any atom is 0.325 e. The van der Waals surface area contributed by atoms with Gasteiger partial charge in [-0.25, -0.2) is 14.8 Å². The number of carbonyl (C=O) groups excluding carboxylic acids is 3. The van der Waals surface area contributed by atoms with E-state index in [1.807, 2.05) is 12.1 Å². The molecular formula is C23H30N6O3S.